The van der Waals surface area contributed by atoms with Crippen LogP contribution in [0, 0.1) is 11.6 Å². The van der Waals surface area contributed by atoms with E-state index >= 15 is 0 Å². The summed E-state index contributed by atoms with van der Waals surface area (Å²) in [5, 5.41) is 0. The lowest BCUT2D eigenvalue weighted by atomic mass is 10.2. The van der Waals surface area contributed by atoms with Crippen molar-refractivity contribution in [1.29, 1.82) is 0 Å². The summed E-state index contributed by atoms with van der Waals surface area (Å²) in [7, 11) is 0. The maximum Gasteiger partial charge on any atom is 0.147 e. The Morgan fingerprint density at radius 2 is 1.86 bits per heavy atom. The Hall–Kier alpha value is -0.980. The van der Waals surface area contributed by atoms with Crippen LogP contribution in [0.5, 0.6) is 0 Å². The fourth-order valence-electron chi connectivity index (χ4n) is 2.14. The van der Waals surface area contributed by atoms with Crippen LogP contribution >= 0.6 is 43.5 Å². The second kappa shape index (κ2) is 5.66. The number of hydrogen-bond acceptors (Lipinski definition) is 1. The van der Waals surface area contributed by atoms with Gasteiger partial charge in [0.1, 0.15) is 17.5 Å². The molecule has 2 nitrogen and oxygen atoms in total. The average molecular weight is 436 g/mol. The number of nitrogens with zero attached hydrogens (tertiary/aromatic N) is 2. The quantitative estimate of drug-likeness (QED) is 0.481. The summed E-state index contributed by atoms with van der Waals surface area (Å²) in [6.45, 7) is 0. The molecule has 1 aromatic heterocycles. The van der Waals surface area contributed by atoms with Gasteiger partial charge in [-0.15, -0.1) is 11.6 Å². The van der Waals surface area contributed by atoms with Gasteiger partial charge in [-0.25, -0.2) is 13.8 Å². The van der Waals surface area contributed by atoms with E-state index in [-0.39, 0.29) is 11.6 Å². The van der Waals surface area contributed by atoms with E-state index < -0.39 is 11.6 Å². The molecule has 0 N–H and O–H groups in total. The van der Waals surface area contributed by atoms with Gasteiger partial charge >= 0.3 is 0 Å². The highest BCUT2D eigenvalue weighted by Crippen LogP contribution is 2.29. The lowest BCUT2D eigenvalue weighted by Crippen LogP contribution is -2.02. The first-order valence-corrected chi connectivity index (χ1v) is 8.01. The summed E-state index contributed by atoms with van der Waals surface area (Å²) in [6, 6.07) is 7.39. The Kier molecular flexibility index (Phi) is 4.03. The van der Waals surface area contributed by atoms with Crippen molar-refractivity contribution in [3.8, 4) is 5.69 Å². The van der Waals surface area contributed by atoms with Crippen LogP contribution in [0.4, 0.5) is 8.78 Å². The maximum absolute atomic E-state index is 14.1. The smallest absolute Gasteiger partial charge is 0.147 e. The molecule has 0 bridgehead atoms. The highest BCUT2D eigenvalue weighted by Gasteiger charge is 2.17. The van der Waals surface area contributed by atoms with Crippen molar-refractivity contribution in [2.45, 2.75) is 5.88 Å². The summed E-state index contributed by atoms with van der Waals surface area (Å²) in [5.41, 5.74) is 1.27. The second-order valence-electron chi connectivity index (χ2n) is 4.35. The lowest BCUT2D eigenvalue weighted by Gasteiger charge is -2.09. The minimum atomic E-state index is -0.444. The SMILES string of the molecule is Fc1cc2c(cc1Br)nc(CCl)n2-c1cc(Br)ccc1F. The minimum Gasteiger partial charge on any atom is -0.292 e. The molecule has 21 heavy (non-hydrogen) atoms. The zero-order valence-corrected chi connectivity index (χ0v) is 14.3. The van der Waals surface area contributed by atoms with Gasteiger partial charge in [-0.1, -0.05) is 15.9 Å². The third kappa shape index (κ3) is 2.60. The molecule has 7 heteroatoms. The molecule has 0 atom stereocenters. The second-order valence-corrected chi connectivity index (χ2v) is 6.39. The molecule has 0 amide bonds. The van der Waals surface area contributed by atoms with E-state index in [0.29, 0.717) is 25.8 Å². The number of halogens is 5. The molecular weight excluding hydrogens is 429 g/mol. The number of alkyl halides is 1. The first-order valence-electron chi connectivity index (χ1n) is 5.89. The number of hydrogen-bond donors (Lipinski definition) is 0. The van der Waals surface area contributed by atoms with E-state index in [0.717, 1.165) is 0 Å². The molecule has 108 valence electrons. The first-order chi connectivity index (χ1) is 10.0. The highest BCUT2D eigenvalue weighted by atomic mass is 79.9. The Morgan fingerprint density at radius 1 is 1.10 bits per heavy atom. The lowest BCUT2D eigenvalue weighted by molar-refractivity contribution is 0.615. The Bertz CT molecular complexity index is 849. The van der Waals surface area contributed by atoms with Crippen LogP contribution in [0.15, 0.2) is 39.3 Å². The number of rotatable bonds is 2. The minimum absolute atomic E-state index is 0.0832. The van der Waals surface area contributed by atoms with Crippen molar-refractivity contribution in [2.24, 2.45) is 0 Å². The van der Waals surface area contributed by atoms with Gasteiger partial charge in [-0.3, -0.25) is 4.57 Å². The third-order valence-corrected chi connectivity index (χ3v) is 4.37. The molecule has 2 aromatic carbocycles. The van der Waals surface area contributed by atoms with Crippen molar-refractivity contribution < 1.29 is 8.78 Å². The molecule has 0 unspecified atom stereocenters. The topological polar surface area (TPSA) is 17.8 Å². The molecule has 0 aliphatic heterocycles. The molecule has 0 saturated heterocycles. The molecule has 0 radical (unpaired) electrons. The number of benzene rings is 2. The molecular formula is C14H7Br2ClF2N2. The summed E-state index contributed by atoms with van der Waals surface area (Å²) in [5.74, 6) is -0.353. The Labute approximate surface area is 141 Å². The van der Waals surface area contributed by atoms with Crippen molar-refractivity contribution in [1.82, 2.24) is 9.55 Å². The van der Waals surface area contributed by atoms with Crippen LogP contribution in [0.25, 0.3) is 16.7 Å². The van der Waals surface area contributed by atoms with Crippen molar-refractivity contribution >= 4 is 54.5 Å². The van der Waals surface area contributed by atoms with E-state index in [1.54, 1.807) is 18.2 Å². The highest BCUT2D eigenvalue weighted by molar-refractivity contribution is 9.10. The summed E-state index contributed by atoms with van der Waals surface area (Å²) < 4.78 is 30.5. The van der Waals surface area contributed by atoms with Gasteiger partial charge in [-0.05, 0) is 40.2 Å². The van der Waals surface area contributed by atoms with E-state index in [9.17, 15) is 8.78 Å². The van der Waals surface area contributed by atoms with Crippen molar-refractivity contribution in [3.05, 3.63) is 56.7 Å². The van der Waals surface area contributed by atoms with Crippen LogP contribution in [0.2, 0.25) is 0 Å². The molecule has 0 saturated carbocycles. The molecule has 3 aromatic rings. The number of aromatic nitrogens is 2. The molecule has 0 aliphatic rings. The number of fused-ring (bicyclic) bond motifs is 1. The Morgan fingerprint density at radius 3 is 2.57 bits per heavy atom. The van der Waals surface area contributed by atoms with Gasteiger partial charge in [0.2, 0.25) is 0 Å². The normalized spacial score (nSPS) is 11.3. The zero-order valence-electron chi connectivity index (χ0n) is 10.4. The van der Waals surface area contributed by atoms with E-state index in [1.807, 2.05) is 0 Å². The molecule has 1 heterocycles. The van der Waals surface area contributed by atoms with Crippen LogP contribution < -0.4 is 0 Å². The van der Waals surface area contributed by atoms with Crippen molar-refractivity contribution in [3.63, 3.8) is 0 Å². The largest absolute Gasteiger partial charge is 0.292 e. The fraction of sp³-hybridized carbons (Fsp3) is 0.0714. The van der Waals surface area contributed by atoms with E-state index in [1.165, 1.54) is 16.7 Å². The predicted octanol–water partition coefficient (Wildman–Crippen LogP) is 5.57. The standard InChI is InChI=1S/C14H7Br2ClF2N2/c15-7-1-2-9(18)12(3-7)21-13-5-10(19)8(16)4-11(13)20-14(21)6-17/h1-5H,6H2. The predicted molar refractivity (Wildman–Crippen MR) is 85.9 cm³/mol. The Balaban J connectivity index is 2.40. The molecule has 0 aliphatic carbocycles. The summed E-state index contributed by atoms with van der Waals surface area (Å²) in [6.07, 6.45) is 0. The van der Waals surface area contributed by atoms with Crippen LogP contribution in [-0.4, -0.2) is 9.55 Å². The van der Waals surface area contributed by atoms with Gasteiger partial charge in [-0.2, -0.15) is 0 Å². The van der Waals surface area contributed by atoms with E-state index in [2.05, 4.69) is 36.8 Å². The van der Waals surface area contributed by atoms with Gasteiger partial charge in [0.25, 0.3) is 0 Å². The van der Waals surface area contributed by atoms with Crippen LogP contribution in [0.3, 0.4) is 0 Å². The van der Waals surface area contributed by atoms with Crippen LogP contribution in [0.1, 0.15) is 5.82 Å². The number of imidazole rings is 1. The average Bonchev–Trinajstić information content (AvgIpc) is 2.79. The summed E-state index contributed by atoms with van der Waals surface area (Å²) in [4.78, 5) is 4.33. The molecule has 0 spiro atoms. The monoisotopic (exact) mass is 434 g/mol. The van der Waals surface area contributed by atoms with Gasteiger partial charge in [0, 0.05) is 10.5 Å². The molecule has 0 fully saturated rings. The maximum atomic E-state index is 14.1. The van der Waals surface area contributed by atoms with Gasteiger partial charge < -0.3 is 0 Å². The first kappa shape index (κ1) is 14.9. The van der Waals surface area contributed by atoms with E-state index in [4.69, 9.17) is 11.6 Å². The summed E-state index contributed by atoms with van der Waals surface area (Å²) >= 11 is 12.3. The van der Waals surface area contributed by atoms with Gasteiger partial charge in [0.15, 0.2) is 0 Å². The fourth-order valence-corrected chi connectivity index (χ4v) is 3.00. The molecule has 3 rings (SSSR count). The van der Waals surface area contributed by atoms with Gasteiger partial charge in [0.05, 0.1) is 27.1 Å². The van der Waals surface area contributed by atoms with Crippen LogP contribution in [-0.2, 0) is 5.88 Å². The third-order valence-electron chi connectivity index (χ3n) is 3.03. The zero-order chi connectivity index (χ0) is 15.1. The van der Waals surface area contributed by atoms with Crippen molar-refractivity contribution in [2.75, 3.05) is 0 Å².